The Morgan fingerprint density at radius 1 is 1.44 bits per heavy atom. The largest absolute Gasteiger partial charge is 0.317 e. The number of nitrogens with one attached hydrogen (secondary N) is 1. The van der Waals surface area contributed by atoms with Crippen molar-refractivity contribution in [2.75, 3.05) is 6.54 Å². The van der Waals surface area contributed by atoms with Crippen LogP contribution in [0.3, 0.4) is 0 Å². The van der Waals surface area contributed by atoms with Gasteiger partial charge in [0.15, 0.2) is 0 Å². The van der Waals surface area contributed by atoms with Crippen LogP contribution in [0.4, 0.5) is 0 Å². The van der Waals surface area contributed by atoms with Crippen molar-refractivity contribution in [1.82, 2.24) is 4.72 Å². The quantitative estimate of drug-likeness (QED) is 0.366. The third-order valence-electron chi connectivity index (χ3n) is 1.04. The van der Waals surface area contributed by atoms with Crippen LogP contribution in [0.25, 0.3) is 0 Å². The molecule has 9 heavy (non-hydrogen) atoms. The standard InChI is InChI=1S/C6H15NOS/c1-6(2,3)4-5-7-9-8/h7-8H,4-5H2,1-3H3. The minimum absolute atomic E-state index is 0.364. The molecule has 0 rings (SSSR count). The minimum atomic E-state index is 0.364. The molecule has 0 aliphatic heterocycles. The molecule has 2 nitrogen and oxygen atoms in total. The van der Waals surface area contributed by atoms with Gasteiger partial charge in [-0.3, -0.25) is 0 Å². The van der Waals surface area contributed by atoms with E-state index in [2.05, 4.69) is 25.5 Å². The molecule has 0 heterocycles. The smallest absolute Gasteiger partial charge is 0.0759 e. The molecule has 2 N–H and O–H groups in total. The van der Waals surface area contributed by atoms with E-state index in [1.165, 1.54) is 0 Å². The van der Waals surface area contributed by atoms with Crippen LogP contribution in [0, 0.1) is 5.41 Å². The molecule has 0 aromatic rings. The summed E-state index contributed by atoms with van der Waals surface area (Å²) in [7, 11) is 0. The van der Waals surface area contributed by atoms with E-state index in [0.29, 0.717) is 17.6 Å². The summed E-state index contributed by atoms with van der Waals surface area (Å²) in [6, 6.07) is 0. The third-order valence-corrected chi connectivity index (χ3v) is 1.37. The summed E-state index contributed by atoms with van der Waals surface area (Å²) in [5.41, 5.74) is 0.364. The van der Waals surface area contributed by atoms with Gasteiger partial charge in [0.05, 0.1) is 12.2 Å². The van der Waals surface area contributed by atoms with Gasteiger partial charge in [-0.2, -0.15) is 0 Å². The summed E-state index contributed by atoms with van der Waals surface area (Å²) >= 11 is 0.692. The molecule has 0 radical (unpaired) electrons. The highest BCUT2D eigenvalue weighted by Crippen LogP contribution is 2.17. The molecule has 0 aliphatic carbocycles. The Morgan fingerprint density at radius 2 is 2.00 bits per heavy atom. The maximum absolute atomic E-state index is 8.27. The van der Waals surface area contributed by atoms with Crippen molar-refractivity contribution < 1.29 is 4.55 Å². The zero-order valence-corrected chi connectivity index (χ0v) is 7.09. The van der Waals surface area contributed by atoms with Gasteiger partial charge in [0, 0.05) is 6.54 Å². The van der Waals surface area contributed by atoms with Gasteiger partial charge in [-0.05, 0) is 11.8 Å². The Kier molecular flexibility index (Phi) is 4.27. The van der Waals surface area contributed by atoms with Gasteiger partial charge in [-0.1, -0.05) is 20.8 Å². The van der Waals surface area contributed by atoms with Crippen molar-refractivity contribution in [2.24, 2.45) is 5.41 Å². The van der Waals surface area contributed by atoms with Gasteiger partial charge in [0.25, 0.3) is 0 Å². The van der Waals surface area contributed by atoms with Crippen molar-refractivity contribution in [3.05, 3.63) is 0 Å². The van der Waals surface area contributed by atoms with Gasteiger partial charge in [-0.15, -0.1) is 0 Å². The first kappa shape index (κ1) is 9.27. The van der Waals surface area contributed by atoms with Crippen molar-refractivity contribution in [1.29, 1.82) is 0 Å². The van der Waals surface area contributed by atoms with Crippen LogP contribution in [0.2, 0.25) is 0 Å². The lowest BCUT2D eigenvalue weighted by molar-refractivity contribution is 0.379. The molecular weight excluding hydrogens is 134 g/mol. The molecule has 0 spiro atoms. The molecule has 0 saturated carbocycles. The van der Waals surface area contributed by atoms with E-state index in [1.807, 2.05) is 0 Å². The first-order chi connectivity index (χ1) is 4.06. The van der Waals surface area contributed by atoms with E-state index in [-0.39, 0.29) is 0 Å². The fourth-order valence-electron chi connectivity index (χ4n) is 0.472. The zero-order chi connectivity index (χ0) is 7.33. The SMILES string of the molecule is CC(C)(C)CCNSO. The maximum Gasteiger partial charge on any atom is 0.0759 e. The molecule has 0 aliphatic rings. The molecule has 0 saturated heterocycles. The van der Waals surface area contributed by atoms with Crippen LogP contribution < -0.4 is 4.72 Å². The normalized spacial score (nSPS) is 12.0. The molecular formula is C6H15NOS. The van der Waals surface area contributed by atoms with Crippen LogP contribution in [0.15, 0.2) is 0 Å². The molecule has 0 amide bonds. The number of hydrogen-bond donors (Lipinski definition) is 2. The molecule has 56 valence electrons. The van der Waals surface area contributed by atoms with E-state index >= 15 is 0 Å². The van der Waals surface area contributed by atoms with Crippen LogP contribution in [0.1, 0.15) is 27.2 Å². The first-order valence-corrected chi connectivity index (χ1v) is 3.87. The highest BCUT2D eigenvalue weighted by Gasteiger charge is 2.08. The summed E-state index contributed by atoms with van der Waals surface area (Å²) in [6.45, 7) is 7.40. The van der Waals surface area contributed by atoms with Crippen molar-refractivity contribution in [3.63, 3.8) is 0 Å². The zero-order valence-electron chi connectivity index (χ0n) is 6.27. The second kappa shape index (κ2) is 4.14. The van der Waals surface area contributed by atoms with Gasteiger partial charge in [-0.25, -0.2) is 4.72 Å². The summed E-state index contributed by atoms with van der Waals surface area (Å²) in [6.07, 6.45) is 1.08. The molecule has 0 bridgehead atoms. The third kappa shape index (κ3) is 8.27. The van der Waals surface area contributed by atoms with Crippen molar-refractivity contribution >= 4 is 12.2 Å². The number of hydrogen-bond acceptors (Lipinski definition) is 3. The Bertz CT molecular complexity index is 69.9. The molecule has 0 fully saturated rings. The van der Waals surface area contributed by atoms with Crippen LogP contribution in [-0.2, 0) is 0 Å². The predicted molar refractivity (Wildman–Crippen MR) is 42.3 cm³/mol. The lowest BCUT2D eigenvalue weighted by Gasteiger charge is -2.16. The van der Waals surface area contributed by atoms with Crippen molar-refractivity contribution in [3.8, 4) is 0 Å². The molecule has 0 unspecified atom stereocenters. The highest BCUT2D eigenvalue weighted by molar-refractivity contribution is 7.91. The van der Waals surface area contributed by atoms with Gasteiger partial charge >= 0.3 is 0 Å². The Labute approximate surface area is 61.4 Å². The predicted octanol–water partition coefficient (Wildman–Crippen LogP) is 2.13. The molecule has 3 heteroatoms. The average Bonchev–Trinajstić information content (AvgIpc) is 1.63. The lowest BCUT2D eigenvalue weighted by atomic mass is 9.93. The number of rotatable bonds is 3. The van der Waals surface area contributed by atoms with Crippen molar-refractivity contribution in [2.45, 2.75) is 27.2 Å². The lowest BCUT2D eigenvalue weighted by Crippen LogP contribution is -2.14. The van der Waals surface area contributed by atoms with E-state index in [4.69, 9.17) is 4.55 Å². The summed E-state index contributed by atoms with van der Waals surface area (Å²) in [4.78, 5) is 0. The van der Waals surface area contributed by atoms with Crippen LogP contribution >= 0.6 is 12.2 Å². The topological polar surface area (TPSA) is 32.3 Å². The Hall–Kier alpha value is 0.270. The summed E-state index contributed by atoms with van der Waals surface area (Å²) < 4.78 is 11.0. The first-order valence-electron chi connectivity index (χ1n) is 3.09. The van der Waals surface area contributed by atoms with Gasteiger partial charge < -0.3 is 4.55 Å². The molecule has 0 aromatic carbocycles. The Balaban J connectivity index is 3.07. The fourth-order valence-corrected chi connectivity index (χ4v) is 0.665. The maximum atomic E-state index is 8.27. The molecule has 0 aromatic heterocycles. The second-order valence-electron chi connectivity index (χ2n) is 3.30. The van der Waals surface area contributed by atoms with Crippen LogP contribution in [0.5, 0.6) is 0 Å². The molecule has 0 atom stereocenters. The van der Waals surface area contributed by atoms with Crippen LogP contribution in [-0.4, -0.2) is 11.1 Å². The average molecular weight is 149 g/mol. The summed E-state index contributed by atoms with van der Waals surface area (Å²) in [5, 5.41) is 0. The van der Waals surface area contributed by atoms with E-state index in [1.54, 1.807) is 0 Å². The van der Waals surface area contributed by atoms with E-state index < -0.39 is 0 Å². The Morgan fingerprint density at radius 3 is 2.33 bits per heavy atom. The monoisotopic (exact) mass is 149 g/mol. The minimum Gasteiger partial charge on any atom is -0.317 e. The van der Waals surface area contributed by atoms with E-state index in [9.17, 15) is 0 Å². The fraction of sp³-hybridized carbons (Fsp3) is 1.00. The second-order valence-corrected chi connectivity index (χ2v) is 3.77. The van der Waals surface area contributed by atoms with Gasteiger partial charge in [0.2, 0.25) is 0 Å². The summed E-state index contributed by atoms with van der Waals surface area (Å²) in [5.74, 6) is 0. The van der Waals surface area contributed by atoms with E-state index in [0.717, 1.165) is 13.0 Å². The highest BCUT2D eigenvalue weighted by atomic mass is 32.2. The van der Waals surface area contributed by atoms with Gasteiger partial charge in [0.1, 0.15) is 0 Å².